The third kappa shape index (κ3) is 4.28. The SMILES string of the molecule is Cc1ccc(Cn2nc(C)c(NS(=O)(=O)c3ccc(C(C)C)cc3)c2C)cc1. The van der Waals surface area contributed by atoms with Gasteiger partial charge in [-0.05, 0) is 49.9 Å². The van der Waals surface area contributed by atoms with Gasteiger partial charge in [0.2, 0.25) is 0 Å². The molecule has 1 N–H and O–H groups in total. The van der Waals surface area contributed by atoms with E-state index < -0.39 is 10.0 Å². The van der Waals surface area contributed by atoms with Crippen LogP contribution in [0.1, 0.15) is 47.8 Å². The van der Waals surface area contributed by atoms with Crippen LogP contribution < -0.4 is 4.72 Å². The summed E-state index contributed by atoms with van der Waals surface area (Å²) in [5.41, 5.74) is 5.42. The summed E-state index contributed by atoms with van der Waals surface area (Å²) in [6.45, 7) is 10.5. The molecule has 0 unspecified atom stereocenters. The summed E-state index contributed by atoms with van der Waals surface area (Å²) in [4.78, 5) is 0.252. The molecule has 1 aromatic heterocycles. The maximum atomic E-state index is 12.8. The van der Waals surface area contributed by atoms with E-state index in [1.165, 1.54) is 5.56 Å². The number of hydrogen-bond donors (Lipinski definition) is 1. The number of sulfonamides is 1. The van der Waals surface area contributed by atoms with Crippen LogP contribution in [0, 0.1) is 20.8 Å². The minimum Gasteiger partial charge on any atom is -0.276 e. The third-order valence-electron chi connectivity index (χ3n) is 4.93. The number of rotatable bonds is 6. The van der Waals surface area contributed by atoms with Crippen molar-refractivity contribution in [3.05, 3.63) is 76.6 Å². The van der Waals surface area contributed by atoms with E-state index in [0.717, 1.165) is 16.8 Å². The second-order valence-electron chi connectivity index (χ2n) is 7.52. The largest absolute Gasteiger partial charge is 0.276 e. The molecule has 0 amide bonds. The third-order valence-corrected chi connectivity index (χ3v) is 6.29. The van der Waals surface area contributed by atoms with E-state index in [0.29, 0.717) is 23.8 Å². The van der Waals surface area contributed by atoms with Gasteiger partial charge in [0.1, 0.15) is 0 Å². The highest BCUT2D eigenvalue weighted by atomic mass is 32.2. The molecule has 0 radical (unpaired) electrons. The minimum absolute atomic E-state index is 0.252. The van der Waals surface area contributed by atoms with Crippen molar-refractivity contribution in [1.29, 1.82) is 0 Å². The van der Waals surface area contributed by atoms with Gasteiger partial charge in [0.25, 0.3) is 10.0 Å². The van der Waals surface area contributed by atoms with E-state index >= 15 is 0 Å². The molecule has 1 heterocycles. The van der Waals surface area contributed by atoms with E-state index in [9.17, 15) is 8.42 Å². The zero-order chi connectivity index (χ0) is 20.5. The molecule has 0 saturated heterocycles. The van der Waals surface area contributed by atoms with Crippen LogP contribution in [0.25, 0.3) is 0 Å². The Labute approximate surface area is 167 Å². The number of anilines is 1. The normalized spacial score (nSPS) is 11.8. The Morgan fingerprint density at radius 3 is 2.14 bits per heavy atom. The molecule has 0 aliphatic carbocycles. The van der Waals surface area contributed by atoms with Gasteiger partial charge in [0.05, 0.1) is 28.5 Å². The first-order valence-corrected chi connectivity index (χ1v) is 10.9. The fourth-order valence-electron chi connectivity index (χ4n) is 3.09. The number of hydrogen-bond acceptors (Lipinski definition) is 3. The summed E-state index contributed by atoms with van der Waals surface area (Å²) in [7, 11) is -3.67. The van der Waals surface area contributed by atoms with E-state index in [-0.39, 0.29) is 4.90 Å². The van der Waals surface area contributed by atoms with Crippen LogP contribution >= 0.6 is 0 Å². The fraction of sp³-hybridized carbons (Fsp3) is 0.318. The maximum Gasteiger partial charge on any atom is 0.262 e. The first-order valence-electron chi connectivity index (χ1n) is 9.39. The lowest BCUT2D eigenvalue weighted by molar-refractivity contribution is 0.601. The molecule has 0 bridgehead atoms. The zero-order valence-electron chi connectivity index (χ0n) is 17.0. The van der Waals surface area contributed by atoms with E-state index in [1.54, 1.807) is 12.1 Å². The molecule has 3 aromatic rings. The molecule has 0 spiro atoms. The molecule has 6 heteroatoms. The smallest absolute Gasteiger partial charge is 0.262 e. The lowest BCUT2D eigenvalue weighted by atomic mass is 10.0. The molecular weight excluding hydrogens is 370 g/mol. The van der Waals surface area contributed by atoms with Gasteiger partial charge in [-0.3, -0.25) is 9.40 Å². The van der Waals surface area contributed by atoms with Gasteiger partial charge < -0.3 is 0 Å². The molecule has 0 saturated carbocycles. The Kier molecular flexibility index (Phi) is 5.61. The second kappa shape index (κ2) is 7.80. The van der Waals surface area contributed by atoms with Crippen LogP contribution in [-0.2, 0) is 16.6 Å². The molecule has 5 nitrogen and oxygen atoms in total. The zero-order valence-corrected chi connectivity index (χ0v) is 17.8. The van der Waals surface area contributed by atoms with E-state index in [4.69, 9.17) is 0 Å². The Bertz CT molecular complexity index is 1060. The number of nitrogens with zero attached hydrogens (tertiary/aromatic N) is 2. The highest BCUT2D eigenvalue weighted by molar-refractivity contribution is 7.92. The Morgan fingerprint density at radius 2 is 1.57 bits per heavy atom. The van der Waals surface area contributed by atoms with Crippen LogP contribution in [0.4, 0.5) is 5.69 Å². The van der Waals surface area contributed by atoms with Crippen molar-refractivity contribution < 1.29 is 8.42 Å². The molecule has 0 aliphatic heterocycles. The van der Waals surface area contributed by atoms with Gasteiger partial charge in [-0.2, -0.15) is 5.10 Å². The van der Waals surface area contributed by atoms with Crippen LogP contribution in [0.3, 0.4) is 0 Å². The second-order valence-corrected chi connectivity index (χ2v) is 9.20. The Balaban J connectivity index is 1.85. The first-order chi connectivity index (χ1) is 13.2. The molecular formula is C22H27N3O2S. The molecule has 3 rings (SSSR count). The van der Waals surface area contributed by atoms with Crippen LogP contribution in [0.5, 0.6) is 0 Å². The van der Waals surface area contributed by atoms with E-state index in [2.05, 4.69) is 47.9 Å². The summed E-state index contributed by atoms with van der Waals surface area (Å²) in [6, 6.07) is 15.3. The molecule has 28 heavy (non-hydrogen) atoms. The fourth-order valence-corrected chi connectivity index (χ4v) is 4.27. The summed E-state index contributed by atoms with van der Waals surface area (Å²) >= 11 is 0. The highest BCUT2D eigenvalue weighted by Gasteiger charge is 2.20. The standard InChI is InChI=1S/C22H27N3O2S/c1-15(2)20-10-12-21(13-11-20)28(26,27)24-22-17(4)23-25(18(22)5)14-19-8-6-16(3)7-9-19/h6-13,15,24H,14H2,1-5H3. The molecule has 0 atom stereocenters. The highest BCUT2D eigenvalue weighted by Crippen LogP contribution is 2.25. The average Bonchev–Trinajstić information content (AvgIpc) is 2.91. The quantitative estimate of drug-likeness (QED) is 0.651. The summed E-state index contributed by atoms with van der Waals surface area (Å²) in [5.74, 6) is 0.356. The Hall–Kier alpha value is -2.60. The van der Waals surface area contributed by atoms with Crippen molar-refractivity contribution >= 4 is 15.7 Å². The minimum atomic E-state index is -3.67. The maximum absolute atomic E-state index is 12.8. The topological polar surface area (TPSA) is 64.0 Å². The summed E-state index contributed by atoms with van der Waals surface area (Å²) in [6.07, 6.45) is 0. The lowest BCUT2D eigenvalue weighted by Crippen LogP contribution is -2.14. The summed E-state index contributed by atoms with van der Waals surface area (Å²) in [5, 5.41) is 4.53. The van der Waals surface area contributed by atoms with Crippen LogP contribution in [0.15, 0.2) is 53.4 Å². The average molecular weight is 398 g/mol. The van der Waals surface area contributed by atoms with Gasteiger partial charge in [-0.1, -0.05) is 55.8 Å². The van der Waals surface area contributed by atoms with Crippen molar-refractivity contribution in [3.8, 4) is 0 Å². The van der Waals surface area contributed by atoms with Gasteiger partial charge in [0.15, 0.2) is 0 Å². The Morgan fingerprint density at radius 1 is 0.964 bits per heavy atom. The molecule has 148 valence electrons. The first kappa shape index (κ1) is 20.1. The summed E-state index contributed by atoms with van der Waals surface area (Å²) < 4.78 is 30.2. The molecule has 0 aliphatic rings. The number of aromatic nitrogens is 2. The predicted octanol–water partition coefficient (Wildman–Crippen LogP) is 4.78. The van der Waals surface area contributed by atoms with Gasteiger partial charge in [0, 0.05) is 0 Å². The van der Waals surface area contributed by atoms with Crippen molar-refractivity contribution in [1.82, 2.24) is 9.78 Å². The van der Waals surface area contributed by atoms with Gasteiger partial charge in [-0.25, -0.2) is 8.42 Å². The van der Waals surface area contributed by atoms with Crippen molar-refractivity contribution in [2.75, 3.05) is 4.72 Å². The van der Waals surface area contributed by atoms with Crippen LogP contribution in [-0.4, -0.2) is 18.2 Å². The van der Waals surface area contributed by atoms with Crippen molar-refractivity contribution in [3.63, 3.8) is 0 Å². The lowest BCUT2D eigenvalue weighted by Gasteiger charge is -2.11. The number of aryl methyl sites for hydroxylation is 2. The predicted molar refractivity (Wildman–Crippen MR) is 113 cm³/mol. The van der Waals surface area contributed by atoms with Crippen molar-refractivity contribution in [2.45, 2.75) is 52.0 Å². The van der Waals surface area contributed by atoms with Gasteiger partial charge in [-0.15, -0.1) is 0 Å². The van der Waals surface area contributed by atoms with E-state index in [1.807, 2.05) is 37.6 Å². The number of benzene rings is 2. The molecule has 0 fully saturated rings. The van der Waals surface area contributed by atoms with Crippen LogP contribution in [0.2, 0.25) is 0 Å². The van der Waals surface area contributed by atoms with Gasteiger partial charge >= 0.3 is 0 Å². The van der Waals surface area contributed by atoms with Crippen molar-refractivity contribution in [2.24, 2.45) is 0 Å². The monoisotopic (exact) mass is 397 g/mol. The number of nitrogens with one attached hydrogen (secondary N) is 1. The molecule has 2 aromatic carbocycles.